The van der Waals surface area contributed by atoms with Crippen LogP contribution < -0.4 is 10.5 Å². The second-order valence-corrected chi connectivity index (χ2v) is 6.05. The van der Waals surface area contributed by atoms with Gasteiger partial charge >= 0.3 is 0 Å². The second-order valence-electron chi connectivity index (χ2n) is 3.59. The number of nitrogen functional groups attached to an aromatic ring is 1. The van der Waals surface area contributed by atoms with Gasteiger partial charge in [-0.3, -0.25) is 4.72 Å². The molecule has 0 amide bonds. The molecule has 0 aliphatic rings. The molecule has 0 fully saturated rings. The van der Waals surface area contributed by atoms with Crippen LogP contribution in [-0.4, -0.2) is 13.4 Å². The van der Waals surface area contributed by atoms with Crippen molar-refractivity contribution in [3.8, 4) is 0 Å². The van der Waals surface area contributed by atoms with E-state index in [0.29, 0.717) is 0 Å². The van der Waals surface area contributed by atoms with Crippen molar-refractivity contribution in [2.45, 2.75) is 4.90 Å². The fraction of sp³-hybridized carbons (Fsp3) is 0. The lowest BCUT2D eigenvalue weighted by molar-refractivity contribution is 0.601. The number of benzene rings is 1. The van der Waals surface area contributed by atoms with E-state index in [0.717, 1.165) is 0 Å². The summed E-state index contributed by atoms with van der Waals surface area (Å²) in [6.45, 7) is 0. The molecule has 1 aromatic carbocycles. The maximum atomic E-state index is 12.2. The van der Waals surface area contributed by atoms with E-state index in [1.165, 1.54) is 30.5 Å². The van der Waals surface area contributed by atoms with Crippen LogP contribution in [0, 0.1) is 0 Å². The van der Waals surface area contributed by atoms with E-state index >= 15 is 0 Å². The number of nitrogens with zero attached hydrogens (tertiary/aromatic N) is 1. The van der Waals surface area contributed by atoms with Crippen LogP contribution in [0.3, 0.4) is 0 Å². The summed E-state index contributed by atoms with van der Waals surface area (Å²) in [5.74, 6) is -0.0989. The van der Waals surface area contributed by atoms with Gasteiger partial charge in [0, 0.05) is 6.20 Å². The summed E-state index contributed by atoms with van der Waals surface area (Å²) in [7, 11) is -3.90. The highest BCUT2D eigenvalue weighted by molar-refractivity contribution is 7.92. The molecule has 1 aromatic heterocycles. The first-order chi connectivity index (χ1) is 8.92. The molecule has 2 rings (SSSR count). The highest BCUT2D eigenvalue weighted by Crippen LogP contribution is 2.32. The molecule has 5 nitrogen and oxygen atoms in total. The van der Waals surface area contributed by atoms with Gasteiger partial charge in [0.2, 0.25) is 0 Å². The summed E-state index contributed by atoms with van der Waals surface area (Å²) in [5, 5.41) is 0.386. The summed E-state index contributed by atoms with van der Waals surface area (Å²) in [4.78, 5) is 3.59. The van der Waals surface area contributed by atoms with E-state index in [9.17, 15) is 8.42 Å². The lowest BCUT2D eigenvalue weighted by Crippen LogP contribution is -2.15. The van der Waals surface area contributed by atoms with Crippen LogP contribution >= 0.6 is 23.2 Å². The molecule has 1 heterocycles. The van der Waals surface area contributed by atoms with Gasteiger partial charge in [-0.15, -0.1) is 0 Å². The summed E-state index contributed by atoms with van der Waals surface area (Å²) in [5.41, 5.74) is 5.65. The van der Waals surface area contributed by atoms with Crippen LogP contribution in [0.5, 0.6) is 0 Å². The zero-order chi connectivity index (χ0) is 14.0. The number of hydrogen-bond donors (Lipinski definition) is 2. The third kappa shape index (κ3) is 2.91. The first-order valence-corrected chi connectivity index (χ1v) is 7.33. The zero-order valence-electron chi connectivity index (χ0n) is 9.47. The molecule has 0 radical (unpaired) electrons. The zero-order valence-corrected chi connectivity index (χ0v) is 11.8. The van der Waals surface area contributed by atoms with Crippen LogP contribution in [0.25, 0.3) is 0 Å². The van der Waals surface area contributed by atoms with Crippen molar-refractivity contribution in [1.29, 1.82) is 0 Å². The maximum absolute atomic E-state index is 12.2. The van der Waals surface area contributed by atoms with Crippen molar-refractivity contribution in [3.05, 3.63) is 46.6 Å². The Bertz CT molecular complexity index is 699. The SMILES string of the molecule is Nc1ncccc1S(=O)(=O)Nc1c(Cl)cccc1Cl. The monoisotopic (exact) mass is 317 g/mol. The molecule has 19 heavy (non-hydrogen) atoms. The van der Waals surface area contributed by atoms with E-state index in [-0.39, 0.29) is 26.4 Å². The average molecular weight is 318 g/mol. The molecule has 8 heteroatoms. The van der Waals surface area contributed by atoms with Crippen LogP contribution in [0.15, 0.2) is 41.4 Å². The topological polar surface area (TPSA) is 85.1 Å². The highest BCUT2D eigenvalue weighted by atomic mass is 35.5. The van der Waals surface area contributed by atoms with Gasteiger partial charge in [0.1, 0.15) is 10.7 Å². The van der Waals surface area contributed by atoms with Crippen LogP contribution in [0.1, 0.15) is 0 Å². The second kappa shape index (κ2) is 5.24. The number of nitrogens with two attached hydrogens (primary N) is 1. The fourth-order valence-electron chi connectivity index (χ4n) is 1.41. The molecule has 100 valence electrons. The Balaban J connectivity index is 2.46. The number of para-hydroxylation sites is 1. The number of anilines is 2. The van der Waals surface area contributed by atoms with Crippen molar-refractivity contribution in [2.24, 2.45) is 0 Å². The Morgan fingerprint density at radius 3 is 2.32 bits per heavy atom. The fourth-order valence-corrected chi connectivity index (χ4v) is 3.20. The number of aromatic nitrogens is 1. The number of rotatable bonds is 3. The molecular formula is C11H9Cl2N3O2S. The molecule has 0 aliphatic heterocycles. The number of nitrogens with one attached hydrogen (secondary N) is 1. The number of hydrogen-bond acceptors (Lipinski definition) is 4. The van der Waals surface area contributed by atoms with E-state index < -0.39 is 10.0 Å². The lowest BCUT2D eigenvalue weighted by Gasteiger charge is -2.11. The highest BCUT2D eigenvalue weighted by Gasteiger charge is 2.20. The third-order valence-electron chi connectivity index (χ3n) is 2.29. The quantitative estimate of drug-likeness (QED) is 0.911. The molecular weight excluding hydrogens is 309 g/mol. The van der Waals surface area contributed by atoms with Crippen molar-refractivity contribution in [2.75, 3.05) is 10.5 Å². The van der Waals surface area contributed by atoms with E-state index in [2.05, 4.69) is 9.71 Å². The summed E-state index contributed by atoms with van der Waals surface area (Å²) in [6, 6.07) is 7.48. The van der Waals surface area contributed by atoms with E-state index in [4.69, 9.17) is 28.9 Å². The molecule has 0 saturated carbocycles. The van der Waals surface area contributed by atoms with Crippen LogP contribution in [0.2, 0.25) is 10.0 Å². The van der Waals surface area contributed by atoms with Crippen molar-refractivity contribution in [1.82, 2.24) is 4.98 Å². The molecule has 0 saturated heterocycles. The minimum atomic E-state index is -3.90. The lowest BCUT2D eigenvalue weighted by atomic mass is 10.3. The maximum Gasteiger partial charge on any atom is 0.265 e. The Hall–Kier alpha value is -1.50. The van der Waals surface area contributed by atoms with Crippen molar-refractivity contribution in [3.63, 3.8) is 0 Å². The Morgan fingerprint density at radius 2 is 1.74 bits per heavy atom. The van der Waals surface area contributed by atoms with E-state index in [1.54, 1.807) is 6.07 Å². The molecule has 0 atom stereocenters. The van der Waals surface area contributed by atoms with Gasteiger partial charge < -0.3 is 5.73 Å². The smallest absolute Gasteiger partial charge is 0.265 e. The van der Waals surface area contributed by atoms with Crippen LogP contribution in [0.4, 0.5) is 11.5 Å². The van der Waals surface area contributed by atoms with Crippen molar-refractivity contribution >= 4 is 44.7 Å². The number of pyridine rings is 1. The summed E-state index contributed by atoms with van der Waals surface area (Å²) >= 11 is 11.8. The number of sulfonamides is 1. The van der Waals surface area contributed by atoms with Gasteiger partial charge in [-0.25, -0.2) is 13.4 Å². The van der Waals surface area contributed by atoms with Gasteiger partial charge in [0.25, 0.3) is 10.0 Å². The van der Waals surface area contributed by atoms with Gasteiger partial charge in [-0.05, 0) is 24.3 Å². The average Bonchev–Trinajstić information content (AvgIpc) is 2.34. The summed E-state index contributed by atoms with van der Waals surface area (Å²) in [6.07, 6.45) is 1.40. The van der Waals surface area contributed by atoms with Crippen LogP contribution in [-0.2, 0) is 10.0 Å². The molecule has 3 N–H and O–H groups in total. The first kappa shape index (κ1) is 13.9. The first-order valence-electron chi connectivity index (χ1n) is 5.09. The predicted molar refractivity (Wildman–Crippen MR) is 75.9 cm³/mol. The standard InChI is InChI=1S/C11H9Cl2N3O2S/c12-7-3-1-4-8(13)10(7)16-19(17,18)9-5-2-6-15-11(9)14/h1-6,16H,(H2,14,15). The van der Waals surface area contributed by atoms with Gasteiger partial charge in [-0.1, -0.05) is 29.3 Å². The Kier molecular flexibility index (Phi) is 3.84. The minimum Gasteiger partial charge on any atom is -0.383 e. The molecule has 2 aromatic rings. The Morgan fingerprint density at radius 1 is 1.11 bits per heavy atom. The van der Waals surface area contributed by atoms with E-state index in [1.807, 2.05) is 0 Å². The van der Waals surface area contributed by atoms with Gasteiger partial charge in [-0.2, -0.15) is 0 Å². The largest absolute Gasteiger partial charge is 0.383 e. The normalized spacial score (nSPS) is 11.3. The Labute approximate surface area is 120 Å². The molecule has 0 spiro atoms. The third-order valence-corrected chi connectivity index (χ3v) is 4.32. The summed E-state index contributed by atoms with van der Waals surface area (Å²) < 4.78 is 26.7. The minimum absolute atomic E-state index is 0.0989. The van der Waals surface area contributed by atoms with Gasteiger partial charge in [0.15, 0.2) is 0 Å². The molecule has 0 aliphatic carbocycles. The molecule has 0 bridgehead atoms. The number of halogens is 2. The predicted octanol–water partition coefficient (Wildman–Crippen LogP) is 2.77. The van der Waals surface area contributed by atoms with Gasteiger partial charge in [0.05, 0.1) is 15.7 Å². The molecule has 0 unspecified atom stereocenters. The van der Waals surface area contributed by atoms with Crippen molar-refractivity contribution < 1.29 is 8.42 Å².